The Labute approximate surface area is 182 Å². The molecule has 3 rings (SSSR count). The standard InChI is InChI=1S/C22H22F3N3O4/c1-14-6-7-15(21(31)26-13-22(23,24)25)12-16(14)27-19(29)8-9-20(30)28-10-11-32-18-5-3-2-4-17(18)28/h2-7,12H,8-11,13H2,1H3,(H,26,31)(H,27,29). The molecule has 170 valence electrons. The van der Waals surface area contributed by atoms with Crippen LogP contribution < -0.4 is 20.3 Å². The molecule has 0 atom stereocenters. The minimum absolute atomic E-state index is 0.0175. The van der Waals surface area contributed by atoms with Crippen molar-refractivity contribution in [2.75, 3.05) is 29.9 Å². The molecular weight excluding hydrogens is 427 g/mol. The van der Waals surface area contributed by atoms with Gasteiger partial charge in [0.05, 0.1) is 12.2 Å². The predicted octanol–water partition coefficient (Wildman–Crippen LogP) is 3.43. The van der Waals surface area contributed by atoms with Gasteiger partial charge in [-0.3, -0.25) is 14.4 Å². The molecular formula is C22H22F3N3O4. The van der Waals surface area contributed by atoms with Crippen LogP contribution in [0, 0.1) is 6.92 Å². The van der Waals surface area contributed by atoms with Crippen molar-refractivity contribution in [1.82, 2.24) is 5.32 Å². The van der Waals surface area contributed by atoms with Gasteiger partial charge >= 0.3 is 6.18 Å². The van der Waals surface area contributed by atoms with Crippen molar-refractivity contribution >= 4 is 29.1 Å². The molecule has 0 unspecified atom stereocenters. The highest BCUT2D eigenvalue weighted by molar-refractivity contribution is 6.00. The van der Waals surface area contributed by atoms with E-state index in [2.05, 4.69) is 5.32 Å². The Kier molecular flexibility index (Phi) is 7.01. The van der Waals surface area contributed by atoms with Crippen LogP contribution in [0.1, 0.15) is 28.8 Å². The number of benzene rings is 2. The van der Waals surface area contributed by atoms with Crippen molar-refractivity contribution in [2.45, 2.75) is 25.9 Å². The Balaban J connectivity index is 1.58. The van der Waals surface area contributed by atoms with E-state index in [9.17, 15) is 27.6 Å². The van der Waals surface area contributed by atoms with Gasteiger partial charge in [0.1, 0.15) is 18.9 Å². The molecule has 0 bridgehead atoms. The minimum Gasteiger partial charge on any atom is -0.490 e. The fraction of sp³-hybridized carbons (Fsp3) is 0.318. The van der Waals surface area contributed by atoms with Crippen LogP contribution in [0.15, 0.2) is 42.5 Å². The lowest BCUT2D eigenvalue weighted by molar-refractivity contribution is -0.123. The predicted molar refractivity (Wildman–Crippen MR) is 112 cm³/mol. The van der Waals surface area contributed by atoms with Gasteiger partial charge in [-0.1, -0.05) is 18.2 Å². The van der Waals surface area contributed by atoms with E-state index in [0.29, 0.717) is 35.8 Å². The summed E-state index contributed by atoms with van der Waals surface area (Å²) in [6.45, 7) is 0.972. The molecule has 0 saturated carbocycles. The van der Waals surface area contributed by atoms with Crippen molar-refractivity contribution in [2.24, 2.45) is 0 Å². The molecule has 1 aliphatic rings. The number of halogens is 3. The summed E-state index contributed by atoms with van der Waals surface area (Å²) in [6.07, 6.45) is -4.65. The van der Waals surface area contributed by atoms with Gasteiger partial charge in [-0.25, -0.2) is 0 Å². The van der Waals surface area contributed by atoms with E-state index in [0.717, 1.165) is 0 Å². The smallest absolute Gasteiger partial charge is 0.405 e. The number of carbonyl (C=O) groups excluding carboxylic acids is 3. The van der Waals surface area contributed by atoms with E-state index in [1.165, 1.54) is 18.2 Å². The zero-order chi connectivity index (χ0) is 23.3. The van der Waals surface area contributed by atoms with E-state index in [-0.39, 0.29) is 24.3 Å². The monoisotopic (exact) mass is 449 g/mol. The highest BCUT2D eigenvalue weighted by atomic mass is 19.4. The Morgan fingerprint density at radius 1 is 1.09 bits per heavy atom. The van der Waals surface area contributed by atoms with Crippen LogP contribution in [0.25, 0.3) is 0 Å². The SMILES string of the molecule is Cc1ccc(C(=O)NCC(F)(F)F)cc1NC(=O)CCC(=O)N1CCOc2ccccc21. The molecule has 10 heteroatoms. The Bertz CT molecular complexity index is 1020. The number of para-hydroxylation sites is 2. The molecule has 32 heavy (non-hydrogen) atoms. The maximum Gasteiger partial charge on any atom is 0.405 e. The first-order valence-electron chi connectivity index (χ1n) is 9.92. The lowest BCUT2D eigenvalue weighted by Gasteiger charge is -2.29. The maximum atomic E-state index is 12.6. The second-order valence-electron chi connectivity index (χ2n) is 7.24. The minimum atomic E-state index is -4.52. The van der Waals surface area contributed by atoms with Gasteiger partial charge in [0.25, 0.3) is 5.91 Å². The average Bonchev–Trinajstić information content (AvgIpc) is 2.76. The summed E-state index contributed by atoms with van der Waals surface area (Å²) in [5.41, 5.74) is 1.55. The first-order chi connectivity index (χ1) is 15.1. The normalized spacial score (nSPS) is 13.1. The zero-order valence-electron chi connectivity index (χ0n) is 17.3. The van der Waals surface area contributed by atoms with E-state index < -0.39 is 24.5 Å². The fourth-order valence-electron chi connectivity index (χ4n) is 3.18. The molecule has 0 aromatic heterocycles. The van der Waals surface area contributed by atoms with Gasteiger partial charge in [0.2, 0.25) is 11.8 Å². The molecule has 3 amide bonds. The summed E-state index contributed by atoms with van der Waals surface area (Å²) in [6, 6.07) is 11.3. The number of hydrogen-bond acceptors (Lipinski definition) is 4. The molecule has 7 nitrogen and oxygen atoms in total. The van der Waals surface area contributed by atoms with E-state index in [1.54, 1.807) is 41.4 Å². The number of amides is 3. The van der Waals surface area contributed by atoms with Crippen LogP contribution in [-0.4, -0.2) is 43.6 Å². The highest BCUT2D eigenvalue weighted by Gasteiger charge is 2.28. The highest BCUT2D eigenvalue weighted by Crippen LogP contribution is 2.31. The number of carbonyl (C=O) groups is 3. The number of alkyl halides is 3. The van der Waals surface area contributed by atoms with E-state index >= 15 is 0 Å². The third kappa shape index (κ3) is 5.99. The van der Waals surface area contributed by atoms with Crippen molar-refractivity contribution in [3.05, 3.63) is 53.6 Å². The zero-order valence-corrected chi connectivity index (χ0v) is 17.3. The number of ether oxygens (including phenoxy) is 1. The number of nitrogens with zero attached hydrogens (tertiary/aromatic N) is 1. The van der Waals surface area contributed by atoms with Crippen molar-refractivity contribution in [3.63, 3.8) is 0 Å². The third-order valence-electron chi connectivity index (χ3n) is 4.82. The molecule has 0 aliphatic carbocycles. The Hall–Kier alpha value is -3.56. The number of fused-ring (bicyclic) bond motifs is 1. The molecule has 2 aromatic rings. The number of anilines is 2. The van der Waals surface area contributed by atoms with Crippen LogP contribution in [0.3, 0.4) is 0 Å². The fourth-order valence-corrected chi connectivity index (χ4v) is 3.18. The van der Waals surface area contributed by atoms with Gasteiger partial charge in [0.15, 0.2) is 0 Å². The van der Waals surface area contributed by atoms with Crippen molar-refractivity contribution < 1.29 is 32.3 Å². The van der Waals surface area contributed by atoms with E-state index in [1.807, 2.05) is 0 Å². The van der Waals surface area contributed by atoms with Crippen LogP contribution in [-0.2, 0) is 9.59 Å². The third-order valence-corrected chi connectivity index (χ3v) is 4.82. The second kappa shape index (κ2) is 9.71. The Morgan fingerprint density at radius 3 is 2.59 bits per heavy atom. The molecule has 0 fully saturated rings. The lowest BCUT2D eigenvalue weighted by Crippen LogP contribution is -2.38. The van der Waals surface area contributed by atoms with Gasteiger partial charge in [-0.2, -0.15) is 13.2 Å². The topological polar surface area (TPSA) is 87.7 Å². The maximum absolute atomic E-state index is 12.6. The number of nitrogens with one attached hydrogen (secondary N) is 2. The summed E-state index contributed by atoms with van der Waals surface area (Å²) >= 11 is 0. The van der Waals surface area contributed by atoms with Gasteiger partial charge in [0, 0.05) is 24.1 Å². The van der Waals surface area contributed by atoms with Crippen LogP contribution >= 0.6 is 0 Å². The van der Waals surface area contributed by atoms with E-state index in [4.69, 9.17) is 4.74 Å². The number of aryl methyl sites for hydroxylation is 1. The molecule has 0 radical (unpaired) electrons. The number of rotatable bonds is 6. The second-order valence-corrected chi connectivity index (χ2v) is 7.24. The molecule has 1 heterocycles. The van der Waals surface area contributed by atoms with Gasteiger partial charge in [-0.05, 0) is 36.8 Å². The number of hydrogen-bond donors (Lipinski definition) is 2. The summed E-state index contributed by atoms with van der Waals surface area (Å²) in [4.78, 5) is 38.5. The summed E-state index contributed by atoms with van der Waals surface area (Å²) in [5, 5.41) is 4.41. The first kappa shape index (κ1) is 23.1. The summed E-state index contributed by atoms with van der Waals surface area (Å²) < 4.78 is 42.4. The average molecular weight is 449 g/mol. The molecule has 2 aromatic carbocycles. The van der Waals surface area contributed by atoms with Gasteiger partial charge in [-0.15, -0.1) is 0 Å². The van der Waals surface area contributed by atoms with Crippen LogP contribution in [0.4, 0.5) is 24.5 Å². The first-order valence-corrected chi connectivity index (χ1v) is 9.92. The van der Waals surface area contributed by atoms with Crippen molar-refractivity contribution in [3.8, 4) is 5.75 Å². The lowest BCUT2D eigenvalue weighted by atomic mass is 10.1. The van der Waals surface area contributed by atoms with Crippen molar-refractivity contribution in [1.29, 1.82) is 0 Å². The molecule has 2 N–H and O–H groups in total. The molecule has 0 saturated heterocycles. The van der Waals surface area contributed by atoms with Crippen LogP contribution in [0.2, 0.25) is 0 Å². The molecule has 0 spiro atoms. The van der Waals surface area contributed by atoms with Gasteiger partial charge < -0.3 is 20.3 Å². The Morgan fingerprint density at radius 2 is 1.84 bits per heavy atom. The quantitative estimate of drug-likeness (QED) is 0.708. The largest absolute Gasteiger partial charge is 0.490 e. The van der Waals surface area contributed by atoms with Crippen LogP contribution in [0.5, 0.6) is 5.75 Å². The molecule has 1 aliphatic heterocycles. The summed E-state index contributed by atoms with van der Waals surface area (Å²) in [5.74, 6) is -0.976. The summed E-state index contributed by atoms with van der Waals surface area (Å²) in [7, 11) is 0.